The molecule has 18 heavy (non-hydrogen) atoms. The molecule has 0 saturated heterocycles. The van der Waals surface area contributed by atoms with E-state index in [2.05, 4.69) is 15.7 Å². The second-order valence-electron chi connectivity index (χ2n) is 3.44. The number of nitrogens with two attached hydrogens (primary N) is 1. The number of nitro groups is 1. The first-order valence-corrected chi connectivity index (χ1v) is 5.10. The van der Waals surface area contributed by atoms with Crippen LogP contribution >= 0.6 is 0 Å². The Bertz CT molecular complexity index is 414. The summed E-state index contributed by atoms with van der Waals surface area (Å²) < 4.78 is 4.86. The first-order chi connectivity index (χ1) is 8.62. The van der Waals surface area contributed by atoms with E-state index in [1.807, 2.05) is 0 Å². The van der Waals surface area contributed by atoms with E-state index in [1.54, 1.807) is 0 Å². The maximum atomic E-state index is 10.8. The molecule has 0 spiro atoms. The molecule has 1 unspecified atom stereocenters. The number of hydrogen-bond donors (Lipinski definition) is 4. The second kappa shape index (κ2) is 6.69. The Hall–Kier alpha value is -1.97. The van der Waals surface area contributed by atoms with E-state index in [-0.39, 0.29) is 30.5 Å². The third kappa shape index (κ3) is 3.52. The van der Waals surface area contributed by atoms with Gasteiger partial charge in [-0.25, -0.2) is 10.8 Å². The summed E-state index contributed by atoms with van der Waals surface area (Å²) >= 11 is 0. The van der Waals surface area contributed by atoms with Crippen LogP contribution in [0.15, 0.2) is 12.1 Å². The number of aliphatic hydroxyl groups excluding tert-OH is 1. The third-order valence-corrected chi connectivity index (χ3v) is 2.15. The zero-order valence-electron chi connectivity index (χ0n) is 9.79. The molecule has 0 amide bonds. The maximum Gasteiger partial charge on any atom is 0.311 e. The third-order valence-electron chi connectivity index (χ3n) is 2.15. The number of rotatable bonds is 7. The lowest BCUT2D eigenvalue weighted by Gasteiger charge is -2.16. The molecule has 0 radical (unpaired) electrons. The molecule has 0 aliphatic carbocycles. The van der Waals surface area contributed by atoms with Gasteiger partial charge in [-0.3, -0.25) is 10.1 Å². The quantitative estimate of drug-likeness (QED) is 0.297. The van der Waals surface area contributed by atoms with Crippen LogP contribution in [-0.4, -0.2) is 41.4 Å². The lowest BCUT2D eigenvalue weighted by molar-refractivity contribution is -0.384. The van der Waals surface area contributed by atoms with Crippen molar-refractivity contribution in [3.8, 4) is 0 Å². The monoisotopic (exact) mass is 257 g/mol. The number of anilines is 2. The Morgan fingerprint density at radius 2 is 2.39 bits per heavy atom. The molecule has 100 valence electrons. The van der Waals surface area contributed by atoms with Crippen LogP contribution < -0.4 is 16.6 Å². The van der Waals surface area contributed by atoms with Gasteiger partial charge in [0.25, 0.3) is 0 Å². The maximum absolute atomic E-state index is 10.8. The molecule has 1 heterocycles. The molecule has 0 aromatic carbocycles. The molecule has 9 nitrogen and oxygen atoms in total. The summed E-state index contributed by atoms with van der Waals surface area (Å²) in [7, 11) is 1.46. The Kier molecular flexibility index (Phi) is 5.24. The van der Waals surface area contributed by atoms with Gasteiger partial charge in [0.15, 0.2) is 0 Å². The molecule has 1 atom stereocenters. The average Bonchev–Trinajstić information content (AvgIpc) is 2.37. The van der Waals surface area contributed by atoms with Crippen molar-refractivity contribution in [1.82, 2.24) is 4.98 Å². The molecule has 0 aliphatic heterocycles. The summed E-state index contributed by atoms with van der Waals surface area (Å²) in [5.74, 6) is 5.48. The molecule has 0 aliphatic rings. The van der Waals surface area contributed by atoms with Gasteiger partial charge >= 0.3 is 5.69 Å². The number of nitrogen functional groups attached to an aromatic ring is 1. The van der Waals surface area contributed by atoms with E-state index in [0.29, 0.717) is 0 Å². The molecule has 9 heteroatoms. The highest BCUT2D eigenvalue weighted by Gasteiger charge is 2.19. The van der Waals surface area contributed by atoms with Crippen molar-refractivity contribution in [2.75, 3.05) is 31.1 Å². The van der Waals surface area contributed by atoms with Crippen LogP contribution in [0.2, 0.25) is 0 Å². The van der Waals surface area contributed by atoms with Gasteiger partial charge in [-0.05, 0) is 6.07 Å². The molecule has 0 fully saturated rings. The van der Waals surface area contributed by atoms with Crippen molar-refractivity contribution in [2.45, 2.75) is 6.04 Å². The summed E-state index contributed by atoms with van der Waals surface area (Å²) in [6, 6.07) is 2.16. The summed E-state index contributed by atoms with van der Waals surface area (Å²) in [5.41, 5.74) is 2.08. The number of nitrogens with one attached hydrogen (secondary N) is 2. The highest BCUT2D eigenvalue weighted by Crippen LogP contribution is 2.24. The van der Waals surface area contributed by atoms with E-state index in [4.69, 9.17) is 15.7 Å². The number of methoxy groups -OCH3 is 1. The average molecular weight is 257 g/mol. The van der Waals surface area contributed by atoms with E-state index in [0.717, 1.165) is 0 Å². The fourth-order valence-corrected chi connectivity index (χ4v) is 1.32. The SMILES string of the molecule is COCC(CO)Nc1nc(NN)ccc1[N+](=O)[O-]. The minimum Gasteiger partial charge on any atom is -0.394 e. The van der Waals surface area contributed by atoms with Gasteiger partial charge in [0.2, 0.25) is 5.82 Å². The number of aromatic nitrogens is 1. The zero-order chi connectivity index (χ0) is 13.5. The van der Waals surface area contributed by atoms with Crippen molar-refractivity contribution in [3.63, 3.8) is 0 Å². The summed E-state index contributed by atoms with van der Waals surface area (Å²) in [4.78, 5) is 14.2. The van der Waals surface area contributed by atoms with Crippen LogP contribution in [0, 0.1) is 10.1 Å². The second-order valence-corrected chi connectivity index (χ2v) is 3.44. The molecule has 0 saturated carbocycles. The highest BCUT2D eigenvalue weighted by atomic mass is 16.6. The number of ether oxygens (including phenoxy) is 1. The predicted molar refractivity (Wildman–Crippen MR) is 65.1 cm³/mol. The molecule has 5 N–H and O–H groups in total. The van der Waals surface area contributed by atoms with Crippen molar-refractivity contribution in [1.29, 1.82) is 0 Å². The standard InChI is InChI=1S/C9H15N5O4/c1-18-5-6(4-15)11-9-7(14(16)17)2-3-8(12-9)13-10/h2-3,6,15H,4-5,10H2,1H3,(H2,11,12,13). The van der Waals surface area contributed by atoms with Crippen molar-refractivity contribution in [2.24, 2.45) is 5.84 Å². The number of hydrazine groups is 1. The molecular weight excluding hydrogens is 242 g/mol. The molecule has 1 aromatic heterocycles. The minimum atomic E-state index is -0.573. The Labute approximate surface area is 103 Å². The van der Waals surface area contributed by atoms with Crippen molar-refractivity contribution >= 4 is 17.3 Å². The summed E-state index contributed by atoms with van der Waals surface area (Å²) in [6.07, 6.45) is 0. The van der Waals surface area contributed by atoms with Crippen LogP contribution in [0.25, 0.3) is 0 Å². The van der Waals surface area contributed by atoms with Crippen molar-refractivity contribution < 1.29 is 14.8 Å². The molecule has 1 rings (SSSR count). The topological polar surface area (TPSA) is 136 Å². The predicted octanol–water partition coefficient (Wildman–Crippen LogP) is -0.305. The smallest absolute Gasteiger partial charge is 0.311 e. The zero-order valence-corrected chi connectivity index (χ0v) is 9.79. The Balaban J connectivity index is 2.99. The number of hydrogen-bond acceptors (Lipinski definition) is 8. The first kappa shape index (κ1) is 14.1. The Morgan fingerprint density at radius 1 is 1.67 bits per heavy atom. The molecular formula is C9H15N5O4. The molecule has 1 aromatic rings. The van der Waals surface area contributed by atoms with Crippen LogP contribution in [-0.2, 0) is 4.74 Å². The van der Waals surface area contributed by atoms with Crippen LogP contribution in [0.4, 0.5) is 17.3 Å². The normalized spacial score (nSPS) is 11.9. The van der Waals surface area contributed by atoms with E-state index in [9.17, 15) is 10.1 Å². The van der Waals surface area contributed by atoms with Crippen LogP contribution in [0.3, 0.4) is 0 Å². The number of pyridine rings is 1. The van der Waals surface area contributed by atoms with Crippen LogP contribution in [0.5, 0.6) is 0 Å². The van der Waals surface area contributed by atoms with E-state index < -0.39 is 11.0 Å². The lowest BCUT2D eigenvalue weighted by Crippen LogP contribution is -2.29. The summed E-state index contributed by atoms with van der Waals surface area (Å²) in [6.45, 7) is -0.0530. The fraction of sp³-hybridized carbons (Fsp3) is 0.444. The van der Waals surface area contributed by atoms with Gasteiger partial charge in [-0.15, -0.1) is 0 Å². The number of aliphatic hydroxyl groups is 1. The minimum absolute atomic E-state index is 0.0200. The van der Waals surface area contributed by atoms with Gasteiger partial charge in [0.05, 0.1) is 24.2 Å². The Morgan fingerprint density at radius 3 is 2.89 bits per heavy atom. The largest absolute Gasteiger partial charge is 0.394 e. The van der Waals surface area contributed by atoms with Crippen molar-refractivity contribution in [3.05, 3.63) is 22.2 Å². The fourth-order valence-electron chi connectivity index (χ4n) is 1.32. The van der Waals surface area contributed by atoms with Gasteiger partial charge in [0.1, 0.15) is 5.82 Å². The van der Waals surface area contributed by atoms with E-state index >= 15 is 0 Å². The van der Waals surface area contributed by atoms with Crippen LogP contribution in [0.1, 0.15) is 0 Å². The van der Waals surface area contributed by atoms with E-state index in [1.165, 1.54) is 19.2 Å². The van der Waals surface area contributed by atoms with Gasteiger partial charge < -0.3 is 20.6 Å². The van der Waals surface area contributed by atoms with Gasteiger partial charge in [0, 0.05) is 13.2 Å². The molecule has 0 bridgehead atoms. The summed E-state index contributed by atoms with van der Waals surface area (Å²) in [5, 5.41) is 22.7. The number of nitrogens with zero attached hydrogens (tertiary/aromatic N) is 2. The highest BCUT2D eigenvalue weighted by molar-refractivity contribution is 5.60. The van der Waals surface area contributed by atoms with Gasteiger partial charge in [-0.2, -0.15) is 0 Å². The first-order valence-electron chi connectivity index (χ1n) is 5.10. The lowest BCUT2D eigenvalue weighted by atomic mass is 10.3. The van der Waals surface area contributed by atoms with Gasteiger partial charge in [-0.1, -0.05) is 0 Å².